The molecule has 1 saturated heterocycles. The van der Waals surface area contributed by atoms with Crippen molar-refractivity contribution >= 4 is 18.1 Å². The first-order valence-corrected chi connectivity index (χ1v) is 10.3. The number of hydrazine groups is 1. The molecular formula is C20H29N5O4. The van der Waals surface area contributed by atoms with Crippen LogP contribution in [0.15, 0.2) is 12.3 Å². The molecule has 29 heavy (non-hydrogen) atoms. The molecule has 3 rings (SSSR count). The van der Waals surface area contributed by atoms with Gasteiger partial charge in [0.15, 0.2) is 5.78 Å². The molecule has 2 heterocycles. The molecule has 1 aliphatic carbocycles. The van der Waals surface area contributed by atoms with Crippen LogP contribution < -0.4 is 5.43 Å². The van der Waals surface area contributed by atoms with Crippen LogP contribution >= 0.6 is 0 Å². The lowest BCUT2D eigenvalue weighted by Gasteiger charge is -2.29. The fourth-order valence-electron chi connectivity index (χ4n) is 4.32. The number of carbonyl (C=O) groups is 3. The fourth-order valence-corrected chi connectivity index (χ4v) is 4.32. The van der Waals surface area contributed by atoms with Gasteiger partial charge in [-0.2, -0.15) is 0 Å². The molecule has 0 aromatic carbocycles. The zero-order valence-corrected chi connectivity index (χ0v) is 16.8. The number of hydrogen-bond acceptors (Lipinski definition) is 7. The van der Waals surface area contributed by atoms with E-state index >= 15 is 0 Å². The Morgan fingerprint density at radius 2 is 2.14 bits per heavy atom. The Morgan fingerprint density at radius 3 is 2.83 bits per heavy atom. The number of hydroxylamine groups is 2. The van der Waals surface area contributed by atoms with Gasteiger partial charge in [-0.25, -0.2) is 20.5 Å². The Balaban J connectivity index is 1.69. The molecule has 1 aromatic heterocycles. The number of Topliss-reactive ketones (excluding diaryl/α,β-unsaturated/α-hetero) is 1. The minimum Gasteiger partial charge on any atom is -0.297 e. The summed E-state index contributed by atoms with van der Waals surface area (Å²) >= 11 is 0. The van der Waals surface area contributed by atoms with E-state index < -0.39 is 12.0 Å². The molecule has 1 saturated carbocycles. The number of carbonyl (C=O) groups excluding carboxylic acids is 3. The Bertz CT molecular complexity index is 737. The second-order valence-corrected chi connectivity index (χ2v) is 7.99. The molecule has 0 bridgehead atoms. The van der Waals surface area contributed by atoms with Crippen LogP contribution in [-0.4, -0.2) is 62.5 Å². The first-order valence-electron chi connectivity index (χ1n) is 10.3. The topological polar surface area (TPSA) is 116 Å². The van der Waals surface area contributed by atoms with E-state index in [1.807, 2.05) is 6.92 Å². The number of nitrogens with zero attached hydrogens (tertiary/aromatic N) is 4. The van der Waals surface area contributed by atoms with Crippen molar-refractivity contribution in [2.75, 3.05) is 13.1 Å². The Hall–Kier alpha value is -2.39. The van der Waals surface area contributed by atoms with E-state index in [4.69, 9.17) is 0 Å². The third-order valence-electron chi connectivity index (χ3n) is 5.77. The van der Waals surface area contributed by atoms with Crippen molar-refractivity contribution in [1.82, 2.24) is 25.5 Å². The number of aromatic nitrogens is 2. The summed E-state index contributed by atoms with van der Waals surface area (Å²) in [4.78, 5) is 45.4. The van der Waals surface area contributed by atoms with Gasteiger partial charge in [-0.15, -0.1) is 0 Å². The van der Waals surface area contributed by atoms with Crippen molar-refractivity contribution in [3.05, 3.63) is 23.8 Å². The highest BCUT2D eigenvalue weighted by Gasteiger charge is 2.38. The first-order chi connectivity index (χ1) is 14.0. The van der Waals surface area contributed by atoms with Gasteiger partial charge < -0.3 is 0 Å². The van der Waals surface area contributed by atoms with Crippen molar-refractivity contribution in [2.45, 2.75) is 57.9 Å². The van der Waals surface area contributed by atoms with Crippen molar-refractivity contribution in [2.24, 2.45) is 11.8 Å². The number of nitrogens with one attached hydrogen (secondary N) is 1. The minimum absolute atomic E-state index is 0.0611. The van der Waals surface area contributed by atoms with Crippen LogP contribution in [0.2, 0.25) is 0 Å². The Labute approximate surface area is 170 Å². The van der Waals surface area contributed by atoms with Crippen molar-refractivity contribution in [3.8, 4) is 0 Å². The zero-order chi connectivity index (χ0) is 20.8. The average molecular weight is 403 g/mol. The predicted molar refractivity (Wildman–Crippen MR) is 103 cm³/mol. The lowest BCUT2D eigenvalue weighted by atomic mass is 9.91. The molecule has 0 radical (unpaired) electrons. The van der Waals surface area contributed by atoms with Crippen LogP contribution in [0.25, 0.3) is 0 Å². The minimum atomic E-state index is -0.596. The SMILES string of the molecule is Cc1ccnc(CC(=O)[C@@H]2CCNN2C(=O)[C@H](CC2CCCC2)CN(O)C=O)n1. The maximum absolute atomic E-state index is 13.2. The summed E-state index contributed by atoms with van der Waals surface area (Å²) < 4.78 is 0. The maximum atomic E-state index is 13.2. The van der Waals surface area contributed by atoms with Crippen LogP contribution in [0, 0.1) is 18.8 Å². The first kappa shape index (κ1) is 21.3. The fraction of sp³-hybridized carbons (Fsp3) is 0.650. The summed E-state index contributed by atoms with van der Waals surface area (Å²) in [6, 6.07) is 1.17. The van der Waals surface area contributed by atoms with Crippen LogP contribution in [0.1, 0.15) is 50.0 Å². The van der Waals surface area contributed by atoms with E-state index in [0.29, 0.717) is 42.6 Å². The van der Waals surface area contributed by atoms with Gasteiger partial charge >= 0.3 is 0 Å². The average Bonchev–Trinajstić information content (AvgIpc) is 3.38. The smallest absolute Gasteiger partial charge is 0.242 e. The molecular weight excluding hydrogens is 374 g/mol. The third-order valence-corrected chi connectivity index (χ3v) is 5.77. The van der Waals surface area contributed by atoms with E-state index in [9.17, 15) is 19.6 Å². The van der Waals surface area contributed by atoms with Gasteiger partial charge in [0.1, 0.15) is 11.9 Å². The predicted octanol–water partition coefficient (Wildman–Crippen LogP) is 1.05. The molecule has 2 aliphatic rings. The number of hydrogen-bond donors (Lipinski definition) is 2. The largest absolute Gasteiger partial charge is 0.297 e. The lowest BCUT2D eigenvalue weighted by molar-refractivity contribution is -0.159. The van der Waals surface area contributed by atoms with Gasteiger partial charge in [-0.3, -0.25) is 24.6 Å². The molecule has 9 heteroatoms. The van der Waals surface area contributed by atoms with Gasteiger partial charge in [0.25, 0.3) is 0 Å². The number of amides is 2. The van der Waals surface area contributed by atoms with Crippen LogP contribution in [-0.2, 0) is 20.8 Å². The van der Waals surface area contributed by atoms with Gasteiger partial charge in [0, 0.05) is 18.4 Å². The second kappa shape index (κ2) is 9.89. The second-order valence-electron chi connectivity index (χ2n) is 7.99. The molecule has 0 spiro atoms. The van der Waals surface area contributed by atoms with Gasteiger partial charge in [0.05, 0.1) is 18.9 Å². The van der Waals surface area contributed by atoms with Crippen LogP contribution in [0.5, 0.6) is 0 Å². The molecule has 2 N–H and O–H groups in total. The summed E-state index contributed by atoms with van der Waals surface area (Å²) in [7, 11) is 0. The quantitative estimate of drug-likeness (QED) is 0.360. The molecule has 2 fully saturated rings. The molecule has 0 unspecified atom stereocenters. The van der Waals surface area contributed by atoms with Crippen LogP contribution in [0.4, 0.5) is 0 Å². The Morgan fingerprint density at radius 1 is 1.38 bits per heavy atom. The van der Waals surface area contributed by atoms with Crippen molar-refractivity contribution < 1.29 is 19.6 Å². The van der Waals surface area contributed by atoms with Gasteiger partial charge in [-0.05, 0) is 31.7 Å². The molecule has 1 aromatic rings. The van der Waals surface area contributed by atoms with E-state index in [-0.39, 0.29) is 24.7 Å². The molecule has 1 aliphatic heterocycles. The van der Waals surface area contributed by atoms with Gasteiger partial charge in [-0.1, -0.05) is 25.7 Å². The number of aryl methyl sites for hydroxylation is 1. The summed E-state index contributed by atoms with van der Waals surface area (Å²) in [5.41, 5.74) is 3.80. The standard InChI is InChI=1S/C20H29N5O4/c1-14-6-8-21-19(23-14)11-18(27)17-7-9-22-25(17)20(28)16(12-24(29)13-26)10-15-4-2-3-5-15/h6,8,13,15-17,22,29H,2-5,7,9-12H2,1H3/t16-,17+/m1/s1. The van der Waals surface area contributed by atoms with E-state index in [1.165, 1.54) is 5.01 Å². The summed E-state index contributed by atoms with van der Waals surface area (Å²) in [5, 5.41) is 11.6. The highest BCUT2D eigenvalue weighted by Crippen LogP contribution is 2.31. The van der Waals surface area contributed by atoms with E-state index in [1.54, 1.807) is 12.3 Å². The number of ketones is 1. The number of rotatable bonds is 9. The maximum Gasteiger partial charge on any atom is 0.242 e. The zero-order valence-electron chi connectivity index (χ0n) is 16.8. The summed E-state index contributed by atoms with van der Waals surface area (Å²) in [6.07, 6.45) is 7.49. The molecule has 2 atom stereocenters. The normalized spacial score (nSPS) is 20.6. The molecule has 2 amide bonds. The van der Waals surface area contributed by atoms with Gasteiger partial charge in [0.2, 0.25) is 12.3 Å². The lowest BCUT2D eigenvalue weighted by Crippen LogP contribution is -2.51. The Kier molecular flexibility index (Phi) is 7.27. The molecule has 9 nitrogen and oxygen atoms in total. The summed E-state index contributed by atoms with van der Waals surface area (Å²) in [5.74, 6) is -0.0752. The summed E-state index contributed by atoms with van der Waals surface area (Å²) in [6.45, 7) is 2.28. The van der Waals surface area contributed by atoms with E-state index in [0.717, 1.165) is 31.4 Å². The van der Waals surface area contributed by atoms with Crippen molar-refractivity contribution in [1.29, 1.82) is 0 Å². The van der Waals surface area contributed by atoms with Crippen LogP contribution in [0.3, 0.4) is 0 Å². The monoisotopic (exact) mass is 403 g/mol. The molecule has 158 valence electrons. The third kappa shape index (κ3) is 5.57. The van der Waals surface area contributed by atoms with E-state index in [2.05, 4.69) is 15.4 Å². The highest BCUT2D eigenvalue weighted by molar-refractivity contribution is 5.91. The van der Waals surface area contributed by atoms with Crippen molar-refractivity contribution in [3.63, 3.8) is 0 Å². The highest BCUT2D eigenvalue weighted by atomic mass is 16.5.